The van der Waals surface area contributed by atoms with Crippen molar-refractivity contribution in [2.45, 2.75) is 24.3 Å². The number of hydrogen-bond donors (Lipinski definition) is 2. The number of sulfone groups is 1. The van der Waals surface area contributed by atoms with Crippen LogP contribution in [0.4, 0.5) is 5.69 Å². The highest BCUT2D eigenvalue weighted by Crippen LogP contribution is 2.34. The number of halogens is 1. The van der Waals surface area contributed by atoms with E-state index in [4.69, 9.17) is 11.6 Å². The van der Waals surface area contributed by atoms with E-state index in [2.05, 4.69) is 15.6 Å². The number of nitrogens with one attached hydrogen (secondary N) is 2. The summed E-state index contributed by atoms with van der Waals surface area (Å²) in [5, 5.41) is 7.52. The zero-order valence-corrected chi connectivity index (χ0v) is 17.9. The fourth-order valence-corrected chi connectivity index (χ4v) is 7.21. The highest BCUT2D eigenvalue weighted by molar-refractivity contribution is 8.15. The van der Waals surface area contributed by atoms with Gasteiger partial charge in [0.25, 0.3) is 0 Å². The second-order valence-corrected chi connectivity index (χ2v) is 10.9. The SMILES string of the molecule is O=C(Cc1ccc(NC2=N[C@H]3CS(=O)(=O)C[C@H]3S2)cc1)NCc1ccccc1Cl. The van der Waals surface area contributed by atoms with Gasteiger partial charge in [0.15, 0.2) is 15.0 Å². The molecule has 2 aromatic rings. The first-order valence-electron chi connectivity index (χ1n) is 9.19. The summed E-state index contributed by atoms with van der Waals surface area (Å²) in [4.78, 5) is 16.7. The third-order valence-electron chi connectivity index (χ3n) is 4.82. The minimum absolute atomic E-state index is 0.0172. The van der Waals surface area contributed by atoms with Gasteiger partial charge in [0.05, 0.1) is 24.0 Å². The highest BCUT2D eigenvalue weighted by atomic mass is 35.5. The van der Waals surface area contributed by atoms with Gasteiger partial charge in [-0.15, -0.1) is 0 Å². The third-order valence-corrected chi connectivity index (χ3v) is 8.33. The molecule has 1 fully saturated rings. The first-order valence-corrected chi connectivity index (χ1v) is 12.3. The normalized spacial score (nSPS) is 22.0. The van der Waals surface area contributed by atoms with Crippen LogP contribution in [0.25, 0.3) is 0 Å². The Morgan fingerprint density at radius 1 is 1.14 bits per heavy atom. The number of amides is 1. The molecule has 2 N–H and O–H groups in total. The summed E-state index contributed by atoms with van der Waals surface area (Å²) in [6.45, 7) is 0.396. The lowest BCUT2D eigenvalue weighted by atomic mass is 10.1. The molecule has 1 saturated heterocycles. The maximum Gasteiger partial charge on any atom is 0.224 e. The largest absolute Gasteiger partial charge is 0.352 e. The van der Waals surface area contributed by atoms with Crippen LogP contribution in [-0.4, -0.2) is 42.3 Å². The van der Waals surface area contributed by atoms with Crippen molar-refractivity contribution < 1.29 is 13.2 Å². The Balaban J connectivity index is 1.28. The Morgan fingerprint density at radius 3 is 2.62 bits per heavy atom. The van der Waals surface area contributed by atoms with E-state index >= 15 is 0 Å². The summed E-state index contributed by atoms with van der Waals surface area (Å²) >= 11 is 7.58. The van der Waals surface area contributed by atoms with Crippen LogP contribution in [0.3, 0.4) is 0 Å². The number of amidine groups is 1. The van der Waals surface area contributed by atoms with Gasteiger partial charge in [-0.3, -0.25) is 9.79 Å². The second kappa shape index (κ2) is 8.38. The molecule has 152 valence electrons. The van der Waals surface area contributed by atoms with Gasteiger partial charge in [-0.05, 0) is 29.3 Å². The van der Waals surface area contributed by atoms with E-state index in [1.807, 2.05) is 42.5 Å². The van der Waals surface area contributed by atoms with E-state index in [0.29, 0.717) is 11.6 Å². The smallest absolute Gasteiger partial charge is 0.224 e. The average molecular weight is 450 g/mol. The quantitative estimate of drug-likeness (QED) is 0.732. The van der Waals surface area contributed by atoms with Gasteiger partial charge in [-0.25, -0.2) is 8.42 Å². The molecule has 0 radical (unpaired) electrons. The molecule has 0 spiro atoms. The Labute approximate surface area is 179 Å². The Hall–Kier alpha value is -2.03. The summed E-state index contributed by atoms with van der Waals surface area (Å²) in [5.74, 6) is 0.257. The summed E-state index contributed by atoms with van der Waals surface area (Å²) in [7, 11) is -2.94. The number of anilines is 1. The van der Waals surface area contributed by atoms with Gasteiger partial charge in [0, 0.05) is 22.5 Å². The van der Waals surface area contributed by atoms with Crippen molar-refractivity contribution in [3.05, 3.63) is 64.7 Å². The van der Waals surface area contributed by atoms with E-state index in [1.165, 1.54) is 11.8 Å². The van der Waals surface area contributed by atoms with Crippen molar-refractivity contribution in [1.82, 2.24) is 5.32 Å². The van der Waals surface area contributed by atoms with Gasteiger partial charge in [0.2, 0.25) is 5.91 Å². The number of rotatable bonds is 5. The fraction of sp³-hybridized carbons (Fsp3) is 0.300. The number of carbonyl (C=O) groups is 1. The number of fused-ring (bicyclic) bond motifs is 1. The molecule has 6 nitrogen and oxygen atoms in total. The van der Waals surface area contributed by atoms with E-state index in [1.54, 1.807) is 6.07 Å². The van der Waals surface area contributed by atoms with Crippen LogP contribution in [0.15, 0.2) is 53.5 Å². The van der Waals surface area contributed by atoms with Crippen LogP contribution in [0, 0.1) is 0 Å². The molecule has 0 bridgehead atoms. The van der Waals surface area contributed by atoms with Gasteiger partial charge in [-0.1, -0.05) is 53.7 Å². The molecule has 0 aliphatic carbocycles. The predicted octanol–water partition coefficient (Wildman–Crippen LogP) is 2.88. The first kappa shape index (κ1) is 20.3. The van der Waals surface area contributed by atoms with E-state index < -0.39 is 9.84 Å². The molecule has 2 atom stereocenters. The van der Waals surface area contributed by atoms with E-state index in [9.17, 15) is 13.2 Å². The Morgan fingerprint density at radius 2 is 1.90 bits per heavy atom. The lowest BCUT2D eigenvalue weighted by molar-refractivity contribution is -0.120. The molecule has 0 saturated carbocycles. The lowest BCUT2D eigenvalue weighted by Gasteiger charge is -2.09. The highest BCUT2D eigenvalue weighted by Gasteiger charge is 2.42. The first-order chi connectivity index (χ1) is 13.9. The number of benzene rings is 2. The van der Waals surface area contributed by atoms with Crippen LogP contribution in [0.2, 0.25) is 5.02 Å². The molecule has 1 amide bonds. The van der Waals surface area contributed by atoms with Gasteiger partial charge in [0.1, 0.15) is 0 Å². The summed E-state index contributed by atoms with van der Waals surface area (Å²) < 4.78 is 23.3. The predicted molar refractivity (Wildman–Crippen MR) is 118 cm³/mol. The molecular weight excluding hydrogens is 430 g/mol. The van der Waals surface area contributed by atoms with E-state index in [-0.39, 0.29) is 35.1 Å². The second-order valence-electron chi connectivity index (χ2n) is 7.10. The van der Waals surface area contributed by atoms with Crippen LogP contribution in [-0.2, 0) is 27.6 Å². The van der Waals surface area contributed by atoms with Gasteiger partial charge < -0.3 is 10.6 Å². The molecule has 2 aliphatic heterocycles. The third kappa shape index (κ3) is 5.12. The number of hydrogen-bond acceptors (Lipinski definition) is 6. The number of aliphatic imine (C=N–C) groups is 1. The van der Waals surface area contributed by atoms with Crippen molar-refractivity contribution in [2.24, 2.45) is 4.99 Å². The molecular formula is C20H20ClN3O3S2. The molecule has 2 heterocycles. The Bertz CT molecular complexity index is 1050. The average Bonchev–Trinajstić information content (AvgIpc) is 3.15. The summed E-state index contributed by atoms with van der Waals surface area (Å²) in [6, 6.07) is 14.9. The molecule has 0 aromatic heterocycles. The van der Waals surface area contributed by atoms with E-state index in [0.717, 1.165) is 22.0 Å². The van der Waals surface area contributed by atoms with Crippen molar-refractivity contribution in [3.8, 4) is 0 Å². The van der Waals surface area contributed by atoms with Crippen LogP contribution >= 0.6 is 23.4 Å². The Kier molecular flexibility index (Phi) is 5.85. The topological polar surface area (TPSA) is 87.6 Å². The summed E-state index contributed by atoms with van der Waals surface area (Å²) in [6.07, 6.45) is 0.280. The van der Waals surface area contributed by atoms with Crippen LogP contribution in [0.1, 0.15) is 11.1 Å². The fourth-order valence-electron chi connectivity index (χ4n) is 3.33. The lowest BCUT2D eigenvalue weighted by Crippen LogP contribution is -2.24. The van der Waals surface area contributed by atoms with Crippen LogP contribution < -0.4 is 10.6 Å². The van der Waals surface area contributed by atoms with Gasteiger partial charge >= 0.3 is 0 Å². The van der Waals surface area contributed by atoms with Crippen molar-refractivity contribution in [1.29, 1.82) is 0 Å². The summed E-state index contributed by atoms with van der Waals surface area (Å²) in [5.41, 5.74) is 2.64. The van der Waals surface area contributed by atoms with Crippen molar-refractivity contribution in [3.63, 3.8) is 0 Å². The number of thioether (sulfide) groups is 1. The minimum atomic E-state index is -2.94. The van der Waals surface area contributed by atoms with Gasteiger partial charge in [-0.2, -0.15) is 0 Å². The molecule has 2 aromatic carbocycles. The number of carbonyl (C=O) groups excluding carboxylic acids is 1. The molecule has 2 aliphatic rings. The minimum Gasteiger partial charge on any atom is -0.352 e. The maximum atomic E-state index is 12.2. The number of nitrogens with zero attached hydrogens (tertiary/aromatic N) is 1. The zero-order valence-electron chi connectivity index (χ0n) is 15.5. The zero-order chi connectivity index (χ0) is 20.4. The molecule has 0 unspecified atom stereocenters. The van der Waals surface area contributed by atoms with Crippen molar-refractivity contribution in [2.75, 3.05) is 16.8 Å². The van der Waals surface area contributed by atoms with Crippen molar-refractivity contribution >= 4 is 50.0 Å². The van der Waals surface area contributed by atoms with Crippen LogP contribution in [0.5, 0.6) is 0 Å². The molecule has 4 rings (SSSR count). The standard InChI is InChI=1S/C20H20ClN3O3S2/c21-16-4-2-1-3-14(16)10-22-19(25)9-13-5-7-15(8-6-13)23-20-24-17-11-29(26,27)12-18(17)28-20/h1-8,17-18H,9-12H2,(H,22,25)(H,23,24)/t17-,18+/m0/s1. The molecule has 9 heteroatoms. The monoisotopic (exact) mass is 449 g/mol. The maximum absolute atomic E-state index is 12.2. The molecule has 29 heavy (non-hydrogen) atoms.